The van der Waals surface area contributed by atoms with Crippen molar-refractivity contribution in [3.63, 3.8) is 0 Å². The third-order valence-corrected chi connectivity index (χ3v) is 4.18. The first-order valence-electron chi connectivity index (χ1n) is 5.98. The van der Waals surface area contributed by atoms with E-state index in [-0.39, 0.29) is 35.6 Å². The summed E-state index contributed by atoms with van der Waals surface area (Å²) < 4.78 is 26.1. The Bertz CT molecular complexity index is 569. The highest BCUT2D eigenvalue weighted by Gasteiger charge is 2.23. The fourth-order valence-electron chi connectivity index (χ4n) is 1.53. The lowest BCUT2D eigenvalue weighted by atomic mass is 10.4. The minimum atomic E-state index is -3.72. The summed E-state index contributed by atoms with van der Waals surface area (Å²) >= 11 is 0. The molecule has 1 fully saturated rings. The maximum atomic E-state index is 11.9. The molecule has 19 heavy (non-hydrogen) atoms. The highest BCUT2D eigenvalue weighted by molar-refractivity contribution is 7.89. The molecule has 1 saturated carbocycles. The molecule has 0 aliphatic heterocycles. The summed E-state index contributed by atoms with van der Waals surface area (Å²) in [5.41, 5.74) is 5.50. The molecular weight excluding hydrogens is 268 g/mol. The van der Waals surface area contributed by atoms with Gasteiger partial charge in [-0.05, 0) is 25.0 Å². The molecule has 8 heteroatoms. The molecule has 0 aromatic carbocycles. The van der Waals surface area contributed by atoms with E-state index in [0.29, 0.717) is 0 Å². The van der Waals surface area contributed by atoms with Crippen molar-refractivity contribution >= 4 is 21.7 Å². The molecule has 1 aromatic rings. The standard InChI is InChI=1S/C11H16N4O3S/c12-11-9(2-1-6-13-11)19(17,18)14-7-5-10(16)15-8-3-4-8/h1-2,6,8,14H,3-5,7H2,(H2,12,13)(H,15,16). The first-order valence-corrected chi connectivity index (χ1v) is 7.47. The van der Waals surface area contributed by atoms with Crippen LogP contribution in [0.3, 0.4) is 0 Å². The van der Waals surface area contributed by atoms with Crippen molar-refractivity contribution in [2.45, 2.75) is 30.2 Å². The summed E-state index contributed by atoms with van der Waals surface area (Å²) in [5.74, 6) is -0.207. The summed E-state index contributed by atoms with van der Waals surface area (Å²) in [4.78, 5) is 15.0. The van der Waals surface area contributed by atoms with Gasteiger partial charge in [-0.15, -0.1) is 0 Å². The first-order chi connectivity index (χ1) is 8.99. The van der Waals surface area contributed by atoms with E-state index in [0.717, 1.165) is 12.8 Å². The number of pyridine rings is 1. The van der Waals surface area contributed by atoms with E-state index in [9.17, 15) is 13.2 Å². The lowest BCUT2D eigenvalue weighted by molar-refractivity contribution is -0.121. The van der Waals surface area contributed by atoms with Gasteiger partial charge in [0.15, 0.2) is 0 Å². The van der Waals surface area contributed by atoms with Crippen LogP contribution in [0, 0.1) is 0 Å². The van der Waals surface area contributed by atoms with Crippen LogP contribution in [0.1, 0.15) is 19.3 Å². The predicted molar refractivity (Wildman–Crippen MR) is 69.6 cm³/mol. The van der Waals surface area contributed by atoms with Gasteiger partial charge in [-0.25, -0.2) is 18.1 Å². The first kappa shape index (κ1) is 13.8. The number of hydrogen-bond acceptors (Lipinski definition) is 5. The molecule has 0 unspecified atom stereocenters. The number of hydrogen-bond donors (Lipinski definition) is 3. The molecule has 0 radical (unpaired) electrons. The van der Waals surface area contributed by atoms with E-state index in [1.54, 1.807) is 0 Å². The van der Waals surface area contributed by atoms with Crippen LogP contribution in [0.2, 0.25) is 0 Å². The van der Waals surface area contributed by atoms with Gasteiger partial charge in [0.25, 0.3) is 0 Å². The number of nitrogen functional groups attached to an aromatic ring is 1. The summed E-state index contributed by atoms with van der Waals surface area (Å²) in [6.45, 7) is 0.0369. The zero-order valence-electron chi connectivity index (χ0n) is 10.3. The van der Waals surface area contributed by atoms with Crippen molar-refractivity contribution in [1.82, 2.24) is 15.0 Å². The second-order valence-corrected chi connectivity index (χ2v) is 6.11. The fraction of sp³-hybridized carbons (Fsp3) is 0.455. The Morgan fingerprint density at radius 1 is 1.47 bits per heavy atom. The van der Waals surface area contributed by atoms with E-state index < -0.39 is 10.0 Å². The molecule has 104 valence electrons. The van der Waals surface area contributed by atoms with Gasteiger partial charge < -0.3 is 11.1 Å². The Labute approximate surface area is 111 Å². The fourth-order valence-corrected chi connectivity index (χ4v) is 2.65. The topological polar surface area (TPSA) is 114 Å². The minimum absolute atomic E-state index is 0.0369. The molecule has 0 bridgehead atoms. The van der Waals surface area contributed by atoms with Gasteiger partial charge >= 0.3 is 0 Å². The largest absolute Gasteiger partial charge is 0.383 e. The third kappa shape index (κ3) is 3.90. The smallest absolute Gasteiger partial charge is 0.244 e. The third-order valence-electron chi connectivity index (χ3n) is 2.68. The predicted octanol–water partition coefficient (Wildman–Crippen LogP) is -0.389. The number of carbonyl (C=O) groups is 1. The van der Waals surface area contributed by atoms with E-state index in [2.05, 4.69) is 15.0 Å². The van der Waals surface area contributed by atoms with Gasteiger partial charge in [0.05, 0.1) is 0 Å². The number of nitrogens with two attached hydrogens (primary N) is 1. The summed E-state index contributed by atoms with van der Waals surface area (Å²) in [6, 6.07) is 3.14. The Morgan fingerprint density at radius 2 is 2.21 bits per heavy atom. The van der Waals surface area contributed by atoms with Crippen molar-refractivity contribution in [2.24, 2.45) is 0 Å². The number of sulfonamides is 1. The zero-order chi connectivity index (χ0) is 13.9. The maximum absolute atomic E-state index is 11.9. The van der Waals surface area contributed by atoms with Gasteiger partial charge in [-0.2, -0.15) is 0 Å². The maximum Gasteiger partial charge on any atom is 0.244 e. The van der Waals surface area contributed by atoms with Crippen LogP contribution in [-0.4, -0.2) is 31.9 Å². The van der Waals surface area contributed by atoms with E-state index in [4.69, 9.17) is 5.73 Å². The zero-order valence-corrected chi connectivity index (χ0v) is 11.1. The average Bonchev–Trinajstić information content (AvgIpc) is 3.13. The van der Waals surface area contributed by atoms with E-state index in [1.807, 2.05) is 0 Å². The molecule has 1 aliphatic carbocycles. The molecule has 2 rings (SSSR count). The number of amides is 1. The number of rotatable bonds is 6. The summed E-state index contributed by atoms with van der Waals surface area (Å²) in [7, 11) is -3.72. The van der Waals surface area contributed by atoms with Gasteiger partial charge in [0, 0.05) is 25.2 Å². The monoisotopic (exact) mass is 284 g/mol. The lowest BCUT2D eigenvalue weighted by Crippen LogP contribution is -2.32. The number of carbonyl (C=O) groups excluding carboxylic acids is 1. The molecule has 7 nitrogen and oxygen atoms in total. The summed E-state index contributed by atoms with van der Waals surface area (Å²) in [6.07, 6.45) is 3.53. The molecule has 1 aromatic heterocycles. The Kier molecular flexibility index (Phi) is 4.01. The highest BCUT2D eigenvalue weighted by Crippen LogP contribution is 2.18. The van der Waals surface area contributed by atoms with Crippen molar-refractivity contribution in [3.8, 4) is 0 Å². The van der Waals surface area contributed by atoms with E-state index in [1.165, 1.54) is 18.3 Å². The molecule has 0 atom stereocenters. The number of nitrogens with zero attached hydrogens (tertiary/aromatic N) is 1. The molecule has 1 aliphatic rings. The molecule has 0 spiro atoms. The quantitative estimate of drug-likeness (QED) is 0.658. The Morgan fingerprint density at radius 3 is 2.84 bits per heavy atom. The second kappa shape index (κ2) is 5.54. The van der Waals surface area contributed by atoms with Crippen LogP contribution in [0.15, 0.2) is 23.2 Å². The average molecular weight is 284 g/mol. The number of anilines is 1. The number of aromatic nitrogens is 1. The van der Waals surface area contributed by atoms with Gasteiger partial charge in [-0.1, -0.05) is 0 Å². The Balaban J connectivity index is 1.87. The van der Waals surface area contributed by atoms with Crippen LogP contribution < -0.4 is 15.8 Å². The normalized spacial score (nSPS) is 15.2. The lowest BCUT2D eigenvalue weighted by Gasteiger charge is -2.08. The molecule has 0 saturated heterocycles. The van der Waals surface area contributed by atoms with Crippen LogP contribution in [-0.2, 0) is 14.8 Å². The van der Waals surface area contributed by atoms with Crippen molar-refractivity contribution in [3.05, 3.63) is 18.3 Å². The summed E-state index contributed by atoms with van der Waals surface area (Å²) in [5, 5.41) is 2.78. The van der Waals surface area contributed by atoms with Crippen molar-refractivity contribution in [1.29, 1.82) is 0 Å². The van der Waals surface area contributed by atoms with Gasteiger partial charge in [-0.3, -0.25) is 4.79 Å². The van der Waals surface area contributed by atoms with E-state index >= 15 is 0 Å². The second-order valence-electron chi connectivity index (χ2n) is 4.38. The molecule has 4 N–H and O–H groups in total. The van der Waals surface area contributed by atoms with Crippen molar-refractivity contribution in [2.75, 3.05) is 12.3 Å². The van der Waals surface area contributed by atoms with Gasteiger partial charge in [0.2, 0.25) is 15.9 Å². The number of nitrogens with one attached hydrogen (secondary N) is 2. The SMILES string of the molecule is Nc1ncccc1S(=O)(=O)NCCC(=O)NC1CC1. The molecule has 1 amide bonds. The van der Waals surface area contributed by atoms with Crippen molar-refractivity contribution < 1.29 is 13.2 Å². The van der Waals surface area contributed by atoms with Crippen LogP contribution >= 0.6 is 0 Å². The van der Waals surface area contributed by atoms with Gasteiger partial charge in [0.1, 0.15) is 10.7 Å². The molecular formula is C11H16N4O3S. The minimum Gasteiger partial charge on any atom is -0.383 e. The highest BCUT2D eigenvalue weighted by atomic mass is 32.2. The van der Waals surface area contributed by atoms with Crippen LogP contribution in [0.5, 0.6) is 0 Å². The van der Waals surface area contributed by atoms with Crippen LogP contribution in [0.4, 0.5) is 5.82 Å². The molecule has 1 heterocycles. The Hall–Kier alpha value is -1.67. The van der Waals surface area contributed by atoms with Crippen LogP contribution in [0.25, 0.3) is 0 Å².